The molecule has 0 aliphatic heterocycles. The minimum Gasteiger partial charge on any atom is -0.310 e. The lowest BCUT2D eigenvalue weighted by Gasteiger charge is -2.28. The van der Waals surface area contributed by atoms with Crippen LogP contribution in [0.3, 0.4) is 0 Å². The van der Waals surface area contributed by atoms with Crippen molar-refractivity contribution in [1.29, 1.82) is 0 Å². The molecule has 0 bridgehead atoms. The lowest BCUT2D eigenvalue weighted by Crippen LogP contribution is -2.12. The minimum atomic E-state index is 1.14. The van der Waals surface area contributed by atoms with E-state index >= 15 is 0 Å². The average Bonchev–Trinajstić information content (AvgIpc) is 4.02. The molecule has 4 heteroatoms. The largest absolute Gasteiger partial charge is 0.310 e. The molecular formula is C58H42N4. The van der Waals surface area contributed by atoms with E-state index in [2.05, 4.69) is 228 Å². The van der Waals surface area contributed by atoms with E-state index in [0.717, 1.165) is 11.4 Å². The number of rotatable bonds is 6. The van der Waals surface area contributed by atoms with Crippen LogP contribution in [0.25, 0.3) is 76.2 Å². The van der Waals surface area contributed by atoms with Gasteiger partial charge in [0.05, 0.1) is 44.5 Å². The summed E-state index contributed by atoms with van der Waals surface area (Å²) in [5, 5.41) is 10.1. The third-order valence-corrected chi connectivity index (χ3v) is 13.3. The first-order valence-corrected chi connectivity index (χ1v) is 21.6. The number of hydrogen-bond acceptors (Lipinski definition) is 2. The molecule has 4 heterocycles. The number of nitrogens with zero attached hydrogens (tertiary/aromatic N) is 4. The summed E-state index contributed by atoms with van der Waals surface area (Å²) in [4.78, 5) is 4.90. The van der Waals surface area contributed by atoms with Gasteiger partial charge in [0.25, 0.3) is 0 Å². The lowest BCUT2D eigenvalue weighted by molar-refractivity contribution is 1.25. The molecule has 4 nitrogen and oxygen atoms in total. The molecule has 13 rings (SSSR count). The van der Waals surface area contributed by atoms with Crippen molar-refractivity contribution in [1.82, 2.24) is 8.80 Å². The van der Waals surface area contributed by atoms with Gasteiger partial charge in [-0.15, -0.1) is 0 Å². The van der Waals surface area contributed by atoms with Gasteiger partial charge in [-0.1, -0.05) is 103 Å². The normalized spacial score (nSPS) is 12.2. The number of hydrogen-bond donors (Lipinski definition) is 0. The Bertz CT molecular complexity index is 3890. The summed E-state index contributed by atoms with van der Waals surface area (Å²) in [5.41, 5.74) is 19.4. The SMILES string of the molecule is Cc1cc(C)cc(N(c2ccccc2)c2cccc3c2c2cccc4c5cc6c(cc5n3c42)c2cccc3c4c(N(c5ccccc5)c5cc(C)ccc5C)cccc4n6c23)c1. The molecule has 0 aliphatic rings. The summed E-state index contributed by atoms with van der Waals surface area (Å²) >= 11 is 0. The first kappa shape index (κ1) is 35.0. The zero-order valence-corrected chi connectivity index (χ0v) is 35.1. The molecule has 0 aliphatic carbocycles. The maximum absolute atomic E-state index is 2.54. The maximum Gasteiger partial charge on any atom is 0.0621 e. The second kappa shape index (κ2) is 12.8. The third-order valence-electron chi connectivity index (χ3n) is 13.3. The fourth-order valence-electron chi connectivity index (χ4n) is 10.9. The van der Waals surface area contributed by atoms with Gasteiger partial charge in [-0.3, -0.25) is 0 Å². The highest BCUT2D eigenvalue weighted by Crippen LogP contribution is 2.50. The van der Waals surface area contributed by atoms with Crippen molar-refractivity contribution in [2.24, 2.45) is 0 Å². The zero-order chi connectivity index (χ0) is 41.4. The first-order valence-electron chi connectivity index (χ1n) is 21.6. The highest BCUT2D eigenvalue weighted by molar-refractivity contribution is 6.31. The summed E-state index contributed by atoms with van der Waals surface area (Å²) in [6.45, 7) is 8.78. The lowest BCUT2D eigenvalue weighted by atomic mass is 10.0. The van der Waals surface area contributed by atoms with Gasteiger partial charge >= 0.3 is 0 Å². The Balaban J connectivity index is 1.10. The molecule has 0 saturated carbocycles. The van der Waals surface area contributed by atoms with Gasteiger partial charge < -0.3 is 18.6 Å². The molecule has 0 unspecified atom stereocenters. The summed E-state index contributed by atoms with van der Waals surface area (Å²) in [6.07, 6.45) is 0. The third kappa shape index (κ3) is 4.78. The van der Waals surface area contributed by atoms with Gasteiger partial charge in [0, 0.05) is 65.8 Å². The van der Waals surface area contributed by atoms with E-state index in [-0.39, 0.29) is 0 Å². The quantitative estimate of drug-likeness (QED) is 0.167. The smallest absolute Gasteiger partial charge is 0.0621 e. The highest BCUT2D eigenvalue weighted by Gasteiger charge is 2.27. The van der Waals surface area contributed by atoms with E-state index in [0.29, 0.717) is 0 Å². The van der Waals surface area contributed by atoms with Crippen molar-refractivity contribution in [3.63, 3.8) is 0 Å². The zero-order valence-electron chi connectivity index (χ0n) is 35.1. The van der Waals surface area contributed by atoms with Crippen LogP contribution in [0.2, 0.25) is 0 Å². The summed E-state index contributed by atoms with van der Waals surface area (Å²) in [5.74, 6) is 0. The van der Waals surface area contributed by atoms with Crippen LogP contribution in [0, 0.1) is 27.7 Å². The van der Waals surface area contributed by atoms with E-state index in [4.69, 9.17) is 0 Å². The van der Waals surface area contributed by atoms with Crippen molar-refractivity contribution in [3.05, 3.63) is 204 Å². The minimum absolute atomic E-state index is 1.14. The molecule has 13 aromatic rings. The van der Waals surface area contributed by atoms with Crippen LogP contribution >= 0.6 is 0 Å². The highest BCUT2D eigenvalue weighted by atomic mass is 15.2. The van der Waals surface area contributed by atoms with Gasteiger partial charge in [0.1, 0.15) is 0 Å². The van der Waals surface area contributed by atoms with E-state index < -0.39 is 0 Å². The molecule has 9 aromatic carbocycles. The Kier molecular flexibility index (Phi) is 7.25. The second-order valence-electron chi connectivity index (χ2n) is 17.3. The average molecular weight is 795 g/mol. The van der Waals surface area contributed by atoms with E-state index in [9.17, 15) is 0 Å². The Morgan fingerprint density at radius 2 is 0.790 bits per heavy atom. The predicted octanol–water partition coefficient (Wildman–Crippen LogP) is 16.2. The van der Waals surface area contributed by atoms with Gasteiger partial charge in [0.2, 0.25) is 0 Å². The molecule has 0 spiro atoms. The Hall–Kier alpha value is -7.82. The number of anilines is 6. The van der Waals surface area contributed by atoms with Crippen molar-refractivity contribution >= 4 is 110 Å². The van der Waals surface area contributed by atoms with E-state index in [1.165, 1.54) is 121 Å². The Morgan fingerprint density at radius 1 is 0.306 bits per heavy atom. The molecule has 4 aromatic heterocycles. The number of aryl methyl sites for hydroxylation is 4. The second-order valence-corrected chi connectivity index (χ2v) is 17.3. The standard InChI is InChI=1S/C58H42N4/c1-35-27-28-38(4)52(32-35)60(40-17-9-6-10-18-40)49-24-14-26-51-56(49)45-22-12-20-43-47-33-53-46(34-54(47)62(51)58(43)45)42-19-11-21-44-55-48(23-13-25-50(55)61(53)57(42)44)59(39-15-7-5-8-16-39)41-30-36(2)29-37(3)31-41/h5-34H,1-4H3. The fraction of sp³-hybridized carbons (Fsp3) is 0.0690. The van der Waals surface area contributed by atoms with Gasteiger partial charge in [-0.05, 0) is 129 Å². The molecule has 0 amide bonds. The van der Waals surface area contributed by atoms with Crippen LogP contribution in [-0.2, 0) is 0 Å². The molecule has 0 atom stereocenters. The molecular weight excluding hydrogens is 753 g/mol. The summed E-state index contributed by atoms with van der Waals surface area (Å²) in [6, 6.07) is 67.7. The molecule has 0 N–H and O–H groups in total. The topological polar surface area (TPSA) is 15.3 Å². The van der Waals surface area contributed by atoms with E-state index in [1.807, 2.05) is 0 Å². The van der Waals surface area contributed by atoms with Crippen molar-refractivity contribution in [3.8, 4) is 0 Å². The van der Waals surface area contributed by atoms with Crippen LogP contribution < -0.4 is 9.80 Å². The molecule has 62 heavy (non-hydrogen) atoms. The van der Waals surface area contributed by atoms with Gasteiger partial charge in [-0.2, -0.15) is 0 Å². The van der Waals surface area contributed by atoms with E-state index in [1.54, 1.807) is 0 Å². The predicted molar refractivity (Wildman–Crippen MR) is 264 cm³/mol. The maximum atomic E-state index is 2.54. The molecule has 0 fully saturated rings. The number of para-hydroxylation sites is 4. The Morgan fingerprint density at radius 3 is 1.34 bits per heavy atom. The summed E-state index contributed by atoms with van der Waals surface area (Å²) in [7, 11) is 0. The van der Waals surface area contributed by atoms with Crippen LogP contribution in [0.5, 0.6) is 0 Å². The summed E-state index contributed by atoms with van der Waals surface area (Å²) < 4.78 is 5.08. The Labute approximate surface area is 359 Å². The first-order chi connectivity index (χ1) is 30.4. The van der Waals surface area contributed by atoms with Crippen LogP contribution in [0.1, 0.15) is 22.3 Å². The molecule has 0 saturated heterocycles. The molecule has 294 valence electrons. The number of fused-ring (bicyclic) bond motifs is 12. The van der Waals surface area contributed by atoms with Crippen LogP contribution in [0.15, 0.2) is 182 Å². The monoisotopic (exact) mass is 794 g/mol. The number of benzene rings is 9. The van der Waals surface area contributed by atoms with Gasteiger partial charge in [0.15, 0.2) is 0 Å². The van der Waals surface area contributed by atoms with Crippen molar-refractivity contribution in [2.75, 3.05) is 9.80 Å². The fourth-order valence-corrected chi connectivity index (χ4v) is 10.9. The number of aromatic nitrogens is 2. The van der Waals surface area contributed by atoms with Gasteiger partial charge in [-0.25, -0.2) is 0 Å². The van der Waals surface area contributed by atoms with Crippen molar-refractivity contribution in [2.45, 2.75) is 27.7 Å². The van der Waals surface area contributed by atoms with Crippen LogP contribution in [0.4, 0.5) is 34.1 Å². The molecule has 0 radical (unpaired) electrons. The van der Waals surface area contributed by atoms with Crippen LogP contribution in [-0.4, -0.2) is 8.80 Å². The van der Waals surface area contributed by atoms with Crippen molar-refractivity contribution < 1.29 is 0 Å².